The molecule has 0 fully saturated rings. The van der Waals surface area contributed by atoms with Crippen molar-refractivity contribution < 1.29 is 9.53 Å². The molecule has 21 heavy (non-hydrogen) atoms. The third kappa shape index (κ3) is 3.77. The van der Waals surface area contributed by atoms with Crippen LogP contribution >= 0.6 is 23.2 Å². The molecule has 7 heteroatoms. The zero-order valence-electron chi connectivity index (χ0n) is 11.2. The molecule has 110 valence electrons. The average Bonchev–Trinajstić information content (AvgIpc) is 2.44. The minimum atomic E-state index is -0.442. The van der Waals surface area contributed by atoms with Crippen LogP contribution in [-0.2, 0) is 0 Å². The number of nitrogens with one attached hydrogen (secondary N) is 1. The molecule has 1 aromatic heterocycles. The third-order valence-corrected chi connectivity index (χ3v) is 3.13. The van der Waals surface area contributed by atoms with Crippen LogP contribution in [0.2, 0.25) is 10.2 Å². The monoisotopic (exact) mass is 325 g/mol. The molecule has 1 heterocycles. The Kier molecular flexibility index (Phi) is 4.88. The van der Waals surface area contributed by atoms with Gasteiger partial charge in [-0.05, 0) is 31.2 Å². The minimum Gasteiger partial charge on any atom is -0.492 e. The number of nitrogen functional groups attached to an aromatic ring is 1. The summed E-state index contributed by atoms with van der Waals surface area (Å²) in [5.74, 6) is 0.0752. The minimum absolute atomic E-state index is 0.0710. The van der Waals surface area contributed by atoms with Crippen LogP contribution in [0.5, 0.6) is 5.75 Å². The highest BCUT2D eigenvalue weighted by molar-refractivity contribution is 6.33. The van der Waals surface area contributed by atoms with Crippen molar-refractivity contribution in [3.05, 3.63) is 46.2 Å². The van der Waals surface area contributed by atoms with E-state index in [0.29, 0.717) is 28.8 Å². The average molecular weight is 326 g/mol. The van der Waals surface area contributed by atoms with Gasteiger partial charge in [-0.3, -0.25) is 4.79 Å². The summed E-state index contributed by atoms with van der Waals surface area (Å²) in [7, 11) is 0. The number of nitrogens with zero attached hydrogens (tertiary/aromatic N) is 1. The van der Waals surface area contributed by atoms with E-state index in [-0.39, 0.29) is 10.7 Å². The summed E-state index contributed by atoms with van der Waals surface area (Å²) in [4.78, 5) is 16.1. The molecule has 0 saturated heterocycles. The van der Waals surface area contributed by atoms with Crippen LogP contribution in [0.1, 0.15) is 17.3 Å². The molecule has 0 aliphatic rings. The maximum absolute atomic E-state index is 12.3. The second kappa shape index (κ2) is 6.65. The first kappa shape index (κ1) is 15.4. The molecule has 5 nitrogen and oxygen atoms in total. The molecule has 0 saturated carbocycles. The van der Waals surface area contributed by atoms with Gasteiger partial charge in [-0.1, -0.05) is 23.2 Å². The molecule has 1 amide bonds. The highest BCUT2D eigenvalue weighted by Gasteiger charge is 2.15. The fraction of sp³-hybridized carbons (Fsp3) is 0.143. The van der Waals surface area contributed by atoms with Gasteiger partial charge in [-0.15, -0.1) is 0 Å². The molecule has 0 atom stereocenters. The fourth-order valence-electron chi connectivity index (χ4n) is 1.69. The number of amides is 1. The number of hydrogen-bond donors (Lipinski definition) is 2. The molecule has 0 spiro atoms. The second-order valence-corrected chi connectivity index (χ2v) is 4.93. The zero-order chi connectivity index (χ0) is 15.4. The Morgan fingerprint density at radius 2 is 2.14 bits per heavy atom. The summed E-state index contributed by atoms with van der Waals surface area (Å²) < 4.78 is 5.44. The number of carbonyl (C=O) groups is 1. The van der Waals surface area contributed by atoms with E-state index in [1.165, 1.54) is 12.3 Å². The van der Waals surface area contributed by atoms with Crippen LogP contribution in [0.25, 0.3) is 0 Å². The van der Waals surface area contributed by atoms with Crippen molar-refractivity contribution in [1.29, 1.82) is 0 Å². The number of halogens is 2. The van der Waals surface area contributed by atoms with Gasteiger partial charge in [-0.25, -0.2) is 4.98 Å². The fourth-order valence-corrected chi connectivity index (χ4v) is 2.06. The van der Waals surface area contributed by atoms with Crippen molar-refractivity contribution in [3.63, 3.8) is 0 Å². The second-order valence-electron chi connectivity index (χ2n) is 4.13. The standard InChI is InChI=1S/C14H13Cl2N3O2/c1-2-21-12-4-3-8(15)5-11(12)19-14(20)10-6-9(17)7-18-13(10)16/h3-7H,2,17H2,1H3,(H,19,20). The molecule has 0 aliphatic carbocycles. The van der Waals surface area contributed by atoms with Crippen LogP contribution in [0.3, 0.4) is 0 Å². The Bertz CT molecular complexity index is 677. The van der Waals surface area contributed by atoms with E-state index in [9.17, 15) is 4.79 Å². The van der Waals surface area contributed by atoms with Gasteiger partial charge in [0.15, 0.2) is 0 Å². The summed E-state index contributed by atoms with van der Waals surface area (Å²) in [6.45, 7) is 2.31. The molecule has 0 bridgehead atoms. The molecule has 0 aliphatic heterocycles. The van der Waals surface area contributed by atoms with Crippen molar-refractivity contribution in [2.24, 2.45) is 0 Å². The normalized spacial score (nSPS) is 10.2. The Morgan fingerprint density at radius 3 is 2.86 bits per heavy atom. The summed E-state index contributed by atoms with van der Waals surface area (Å²) in [5, 5.41) is 3.24. The quantitative estimate of drug-likeness (QED) is 0.841. The summed E-state index contributed by atoms with van der Waals surface area (Å²) >= 11 is 11.8. The summed E-state index contributed by atoms with van der Waals surface area (Å²) in [6.07, 6.45) is 1.38. The van der Waals surface area contributed by atoms with E-state index >= 15 is 0 Å². The topological polar surface area (TPSA) is 77.2 Å². The van der Waals surface area contributed by atoms with Crippen LogP contribution < -0.4 is 15.8 Å². The molecular weight excluding hydrogens is 313 g/mol. The van der Waals surface area contributed by atoms with Crippen LogP contribution in [-0.4, -0.2) is 17.5 Å². The zero-order valence-corrected chi connectivity index (χ0v) is 12.7. The van der Waals surface area contributed by atoms with E-state index in [1.54, 1.807) is 18.2 Å². The van der Waals surface area contributed by atoms with E-state index in [0.717, 1.165) is 0 Å². The van der Waals surface area contributed by atoms with E-state index in [1.807, 2.05) is 6.92 Å². The summed E-state index contributed by atoms with van der Waals surface area (Å²) in [6, 6.07) is 6.41. The maximum Gasteiger partial charge on any atom is 0.258 e. The lowest BCUT2D eigenvalue weighted by molar-refractivity contribution is 0.102. The van der Waals surface area contributed by atoms with Gasteiger partial charge in [-0.2, -0.15) is 0 Å². The highest BCUT2D eigenvalue weighted by atomic mass is 35.5. The lowest BCUT2D eigenvalue weighted by Gasteiger charge is -2.12. The first-order valence-corrected chi connectivity index (χ1v) is 6.91. The van der Waals surface area contributed by atoms with Crippen molar-refractivity contribution in [1.82, 2.24) is 4.98 Å². The highest BCUT2D eigenvalue weighted by Crippen LogP contribution is 2.29. The number of anilines is 2. The van der Waals surface area contributed by atoms with Gasteiger partial charge in [0.1, 0.15) is 10.9 Å². The van der Waals surface area contributed by atoms with Gasteiger partial charge in [0.2, 0.25) is 0 Å². The number of rotatable bonds is 4. The molecule has 3 N–H and O–H groups in total. The van der Waals surface area contributed by atoms with Gasteiger partial charge in [0, 0.05) is 5.02 Å². The Labute approximate surface area is 132 Å². The van der Waals surface area contributed by atoms with Crippen molar-refractivity contribution >= 4 is 40.5 Å². The van der Waals surface area contributed by atoms with Crippen molar-refractivity contribution in [2.45, 2.75) is 6.92 Å². The van der Waals surface area contributed by atoms with E-state index < -0.39 is 5.91 Å². The first-order valence-electron chi connectivity index (χ1n) is 6.16. The molecule has 2 aromatic rings. The lowest BCUT2D eigenvalue weighted by atomic mass is 10.2. The predicted molar refractivity (Wildman–Crippen MR) is 84.2 cm³/mol. The largest absolute Gasteiger partial charge is 0.492 e. The molecule has 0 radical (unpaired) electrons. The SMILES string of the molecule is CCOc1ccc(Cl)cc1NC(=O)c1cc(N)cnc1Cl. The number of hydrogen-bond acceptors (Lipinski definition) is 4. The summed E-state index contributed by atoms with van der Waals surface area (Å²) in [5.41, 5.74) is 6.59. The first-order chi connectivity index (χ1) is 10.0. The number of ether oxygens (including phenoxy) is 1. The van der Waals surface area contributed by atoms with Crippen LogP contribution in [0, 0.1) is 0 Å². The Hall–Kier alpha value is -1.98. The van der Waals surface area contributed by atoms with Gasteiger partial charge >= 0.3 is 0 Å². The Balaban J connectivity index is 2.31. The van der Waals surface area contributed by atoms with Crippen molar-refractivity contribution in [2.75, 3.05) is 17.7 Å². The van der Waals surface area contributed by atoms with Gasteiger partial charge in [0.25, 0.3) is 5.91 Å². The van der Waals surface area contributed by atoms with E-state index in [4.69, 9.17) is 33.7 Å². The molecule has 2 rings (SSSR count). The lowest BCUT2D eigenvalue weighted by Crippen LogP contribution is -2.14. The number of carbonyl (C=O) groups excluding carboxylic acids is 1. The number of benzene rings is 1. The number of pyridine rings is 1. The number of aromatic nitrogens is 1. The van der Waals surface area contributed by atoms with Crippen molar-refractivity contribution in [3.8, 4) is 5.75 Å². The smallest absolute Gasteiger partial charge is 0.258 e. The predicted octanol–water partition coefficient (Wildman–Crippen LogP) is 3.62. The van der Waals surface area contributed by atoms with Gasteiger partial charge < -0.3 is 15.8 Å². The van der Waals surface area contributed by atoms with E-state index in [2.05, 4.69) is 10.3 Å². The molecular formula is C14H13Cl2N3O2. The Morgan fingerprint density at radius 1 is 1.38 bits per heavy atom. The van der Waals surface area contributed by atoms with Crippen LogP contribution in [0.15, 0.2) is 30.5 Å². The molecule has 1 aromatic carbocycles. The molecule has 0 unspecified atom stereocenters. The maximum atomic E-state index is 12.3. The number of nitrogens with two attached hydrogens (primary N) is 1. The van der Waals surface area contributed by atoms with Crippen LogP contribution in [0.4, 0.5) is 11.4 Å². The third-order valence-electron chi connectivity index (χ3n) is 2.59. The van der Waals surface area contributed by atoms with Gasteiger partial charge in [0.05, 0.1) is 29.7 Å².